The molecule has 0 unspecified atom stereocenters. The molecule has 0 atom stereocenters. The van der Waals surface area contributed by atoms with E-state index in [1.807, 2.05) is 25.3 Å². The van der Waals surface area contributed by atoms with Gasteiger partial charge in [0.25, 0.3) is 0 Å². The van der Waals surface area contributed by atoms with Crippen molar-refractivity contribution in [2.75, 3.05) is 49.1 Å². The summed E-state index contributed by atoms with van der Waals surface area (Å²) >= 11 is 0. The number of hydrogen-bond acceptors (Lipinski definition) is 7. The Hall–Kier alpha value is -2.28. The summed E-state index contributed by atoms with van der Waals surface area (Å²) in [6, 6.07) is 4.40. The number of nitrogens with zero attached hydrogens (tertiary/aromatic N) is 7. The number of anilines is 2. The van der Waals surface area contributed by atoms with E-state index in [4.69, 9.17) is 0 Å². The molecule has 0 N–H and O–H groups in total. The van der Waals surface area contributed by atoms with Crippen LogP contribution in [0.5, 0.6) is 0 Å². The van der Waals surface area contributed by atoms with Gasteiger partial charge in [-0.05, 0) is 19.1 Å². The summed E-state index contributed by atoms with van der Waals surface area (Å²) in [6.07, 6.45) is 5.45. The molecular weight excluding hydrogens is 290 g/mol. The number of piperazine rings is 1. The standard InChI is InChI=1S/C16H21N7/c1-13-3-6-19-16(20-13)23-11-14(12-23)21-7-9-22(10-8-21)15-17-4-2-5-18-15/h2-6,14H,7-12H2,1H3. The molecule has 2 saturated heterocycles. The summed E-state index contributed by atoms with van der Waals surface area (Å²) in [5, 5.41) is 0. The molecule has 0 amide bonds. The van der Waals surface area contributed by atoms with Gasteiger partial charge in [0.1, 0.15) is 0 Å². The van der Waals surface area contributed by atoms with Crippen molar-refractivity contribution in [3.63, 3.8) is 0 Å². The lowest BCUT2D eigenvalue weighted by Crippen LogP contribution is -2.63. The Morgan fingerprint density at radius 2 is 1.57 bits per heavy atom. The van der Waals surface area contributed by atoms with E-state index < -0.39 is 0 Å². The first-order chi connectivity index (χ1) is 11.3. The molecule has 0 spiro atoms. The molecule has 2 fully saturated rings. The van der Waals surface area contributed by atoms with Crippen LogP contribution in [0.1, 0.15) is 5.69 Å². The van der Waals surface area contributed by atoms with Gasteiger partial charge < -0.3 is 9.80 Å². The molecule has 2 aliphatic heterocycles. The van der Waals surface area contributed by atoms with Crippen molar-refractivity contribution in [3.05, 3.63) is 36.4 Å². The van der Waals surface area contributed by atoms with E-state index in [1.54, 1.807) is 12.4 Å². The molecule has 2 aromatic heterocycles. The first kappa shape index (κ1) is 14.3. The Bertz CT molecular complexity index is 648. The van der Waals surface area contributed by atoms with Crippen LogP contribution in [0.15, 0.2) is 30.7 Å². The summed E-state index contributed by atoms with van der Waals surface area (Å²) in [5.74, 6) is 1.70. The van der Waals surface area contributed by atoms with E-state index in [2.05, 4.69) is 34.6 Å². The van der Waals surface area contributed by atoms with Crippen LogP contribution in [0.2, 0.25) is 0 Å². The highest BCUT2D eigenvalue weighted by atomic mass is 15.4. The Balaban J connectivity index is 1.29. The van der Waals surface area contributed by atoms with Crippen molar-refractivity contribution in [2.45, 2.75) is 13.0 Å². The van der Waals surface area contributed by atoms with Gasteiger partial charge in [0.05, 0.1) is 0 Å². The summed E-state index contributed by atoms with van der Waals surface area (Å²) in [6.45, 7) is 8.14. The van der Waals surface area contributed by atoms with Gasteiger partial charge in [0.2, 0.25) is 11.9 Å². The van der Waals surface area contributed by atoms with Crippen LogP contribution < -0.4 is 9.80 Å². The maximum atomic E-state index is 4.50. The third-order valence-corrected chi connectivity index (χ3v) is 4.59. The van der Waals surface area contributed by atoms with E-state index in [1.165, 1.54) is 0 Å². The monoisotopic (exact) mass is 311 g/mol. The molecule has 2 aromatic rings. The lowest BCUT2D eigenvalue weighted by molar-refractivity contribution is 0.155. The smallest absolute Gasteiger partial charge is 0.225 e. The Morgan fingerprint density at radius 3 is 2.26 bits per heavy atom. The van der Waals surface area contributed by atoms with Crippen LogP contribution in [-0.2, 0) is 0 Å². The normalized spacial score (nSPS) is 19.7. The highest BCUT2D eigenvalue weighted by Gasteiger charge is 2.35. The minimum atomic E-state index is 0.609. The van der Waals surface area contributed by atoms with Crippen LogP contribution in [0.4, 0.5) is 11.9 Å². The van der Waals surface area contributed by atoms with E-state index in [-0.39, 0.29) is 0 Å². The van der Waals surface area contributed by atoms with Crippen LogP contribution in [0.25, 0.3) is 0 Å². The molecule has 7 heteroatoms. The fourth-order valence-corrected chi connectivity index (χ4v) is 3.18. The fraction of sp³-hybridized carbons (Fsp3) is 0.500. The van der Waals surface area contributed by atoms with Crippen LogP contribution in [0, 0.1) is 6.92 Å². The van der Waals surface area contributed by atoms with Gasteiger partial charge in [-0.15, -0.1) is 0 Å². The molecule has 0 aromatic carbocycles. The Morgan fingerprint density at radius 1 is 0.870 bits per heavy atom. The molecular formula is C16H21N7. The zero-order valence-electron chi connectivity index (χ0n) is 13.3. The van der Waals surface area contributed by atoms with Crippen molar-refractivity contribution < 1.29 is 0 Å². The minimum absolute atomic E-state index is 0.609. The summed E-state index contributed by atoms with van der Waals surface area (Å²) in [4.78, 5) is 24.6. The topological polar surface area (TPSA) is 61.3 Å². The second-order valence-electron chi connectivity index (χ2n) is 6.13. The Kier molecular flexibility index (Phi) is 3.78. The maximum absolute atomic E-state index is 4.50. The van der Waals surface area contributed by atoms with Crippen molar-refractivity contribution in [3.8, 4) is 0 Å². The van der Waals surface area contributed by atoms with Crippen molar-refractivity contribution in [2.24, 2.45) is 0 Å². The molecule has 0 saturated carbocycles. The van der Waals surface area contributed by atoms with Gasteiger partial charge in [-0.2, -0.15) is 0 Å². The predicted molar refractivity (Wildman–Crippen MR) is 88.6 cm³/mol. The fourth-order valence-electron chi connectivity index (χ4n) is 3.18. The SMILES string of the molecule is Cc1ccnc(N2CC(N3CCN(c4ncccn4)CC3)C2)n1. The van der Waals surface area contributed by atoms with Crippen molar-refractivity contribution in [1.29, 1.82) is 0 Å². The minimum Gasteiger partial charge on any atom is -0.338 e. The van der Waals surface area contributed by atoms with Gasteiger partial charge in [0.15, 0.2) is 0 Å². The number of rotatable bonds is 3. The zero-order valence-corrected chi connectivity index (χ0v) is 13.3. The molecule has 2 aliphatic rings. The van der Waals surface area contributed by atoms with Gasteiger partial charge >= 0.3 is 0 Å². The molecule has 0 bridgehead atoms. The van der Waals surface area contributed by atoms with E-state index in [0.29, 0.717) is 6.04 Å². The van der Waals surface area contributed by atoms with E-state index in [0.717, 1.165) is 56.9 Å². The molecule has 7 nitrogen and oxygen atoms in total. The van der Waals surface area contributed by atoms with Crippen LogP contribution in [-0.4, -0.2) is 70.1 Å². The number of aromatic nitrogens is 4. The van der Waals surface area contributed by atoms with Crippen LogP contribution in [0.3, 0.4) is 0 Å². The molecule has 120 valence electrons. The van der Waals surface area contributed by atoms with Crippen LogP contribution >= 0.6 is 0 Å². The number of aryl methyl sites for hydroxylation is 1. The number of hydrogen-bond donors (Lipinski definition) is 0. The molecule has 4 heterocycles. The predicted octanol–water partition coefficient (Wildman–Crippen LogP) is 0.586. The molecule has 4 rings (SSSR count). The highest BCUT2D eigenvalue weighted by Crippen LogP contribution is 2.22. The Labute approximate surface area is 136 Å². The lowest BCUT2D eigenvalue weighted by atomic mass is 10.1. The third kappa shape index (κ3) is 2.96. The zero-order chi connectivity index (χ0) is 15.6. The first-order valence-electron chi connectivity index (χ1n) is 8.10. The van der Waals surface area contributed by atoms with Crippen molar-refractivity contribution in [1.82, 2.24) is 24.8 Å². The molecule has 0 aliphatic carbocycles. The second-order valence-corrected chi connectivity index (χ2v) is 6.13. The van der Waals surface area contributed by atoms with Gasteiger partial charge in [-0.1, -0.05) is 0 Å². The molecule has 23 heavy (non-hydrogen) atoms. The molecule has 0 radical (unpaired) electrons. The maximum Gasteiger partial charge on any atom is 0.225 e. The lowest BCUT2D eigenvalue weighted by Gasteiger charge is -2.48. The highest BCUT2D eigenvalue weighted by molar-refractivity contribution is 5.36. The largest absolute Gasteiger partial charge is 0.338 e. The van der Waals surface area contributed by atoms with Gasteiger partial charge in [-0.25, -0.2) is 19.9 Å². The van der Waals surface area contributed by atoms with E-state index >= 15 is 0 Å². The third-order valence-electron chi connectivity index (χ3n) is 4.59. The van der Waals surface area contributed by atoms with Gasteiger partial charge in [0, 0.05) is 69.6 Å². The quantitative estimate of drug-likeness (QED) is 0.822. The summed E-state index contributed by atoms with van der Waals surface area (Å²) in [5.41, 5.74) is 1.02. The van der Waals surface area contributed by atoms with Gasteiger partial charge in [-0.3, -0.25) is 4.90 Å². The average molecular weight is 311 g/mol. The average Bonchev–Trinajstić information content (AvgIpc) is 2.55. The van der Waals surface area contributed by atoms with E-state index in [9.17, 15) is 0 Å². The summed E-state index contributed by atoms with van der Waals surface area (Å²) < 4.78 is 0. The van der Waals surface area contributed by atoms with Crippen molar-refractivity contribution >= 4 is 11.9 Å². The second kappa shape index (κ2) is 6.08. The first-order valence-corrected chi connectivity index (χ1v) is 8.10. The summed E-state index contributed by atoms with van der Waals surface area (Å²) in [7, 11) is 0.